The van der Waals surface area contributed by atoms with E-state index in [0.29, 0.717) is 6.08 Å². The summed E-state index contributed by atoms with van der Waals surface area (Å²) in [6, 6.07) is 0. The Kier molecular flexibility index (Phi) is 3.39. The van der Waals surface area contributed by atoms with Crippen molar-refractivity contribution >= 4 is 0 Å². The molecule has 0 N–H and O–H groups in total. The molecule has 0 aromatic carbocycles. The maximum Gasteiger partial charge on any atom is 0.392 e. The Labute approximate surface area is 56.5 Å². The molecule has 10 heavy (non-hydrogen) atoms. The van der Waals surface area contributed by atoms with Gasteiger partial charge >= 0.3 is 6.18 Å². The van der Waals surface area contributed by atoms with Crippen molar-refractivity contribution in [2.24, 2.45) is 0 Å². The van der Waals surface area contributed by atoms with Crippen LogP contribution in [0.4, 0.5) is 17.6 Å². The lowest BCUT2D eigenvalue weighted by atomic mass is 10.3. The van der Waals surface area contributed by atoms with Crippen molar-refractivity contribution in [2.45, 2.75) is 25.9 Å². The second kappa shape index (κ2) is 3.58. The van der Waals surface area contributed by atoms with Gasteiger partial charge in [-0.15, -0.1) is 0 Å². The van der Waals surface area contributed by atoms with E-state index in [0.717, 1.165) is 0 Å². The molecule has 60 valence electrons. The summed E-state index contributed by atoms with van der Waals surface area (Å²) < 4.78 is 46.0. The minimum atomic E-state index is -4.29. The van der Waals surface area contributed by atoms with Gasteiger partial charge in [0, 0.05) is 0 Å². The molecule has 0 fully saturated rings. The van der Waals surface area contributed by atoms with Crippen molar-refractivity contribution in [3.8, 4) is 0 Å². The molecule has 0 spiro atoms. The minimum Gasteiger partial charge on any atom is -0.212 e. The first-order valence-electron chi connectivity index (χ1n) is 2.87. The lowest BCUT2D eigenvalue weighted by molar-refractivity contribution is -0.125. The van der Waals surface area contributed by atoms with Gasteiger partial charge in [0.1, 0.15) is 0 Å². The van der Waals surface area contributed by atoms with E-state index in [1.54, 1.807) is 0 Å². The van der Waals surface area contributed by atoms with E-state index >= 15 is 0 Å². The predicted molar refractivity (Wildman–Crippen MR) is 30.2 cm³/mol. The number of hydrogen-bond donors (Lipinski definition) is 0. The molecule has 0 rings (SSSR count). The molecule has 0 saturated heterocycles. The first-order valence-corrected chi connectivity index (χ1v) is 2.87. The van der Waals surface area contributed by atoms with Crippen LogP contribution in [0.5, 0.6) is 0 Å². The van der Waals surface area contributed by atoms with Gasteiger partial charge in [0.25, 0.3) is 0 Å². The predicted octanol–water partition coefficient (Wildman–Crippen LogP) is 3.20. The van der Waals surface area contributed by atoms with Crippen LogP contribution in [-0.4, -0.2) is 6.18 Å². The summed E-state index contributed by atoms with van der Waals surface area (Å²) in [5.41, 5.74) is 0. The Hall–Kier alpha value is -0.540. The smallest absolute Gasteiger partial charge is 0.212 e. The van der Waals surface area contributed by atoms with E-state index < -0.39 is 18.4 Å². The Morgan fingerprint density at radius 3 is 2.20 bits per heavy atom. The molecule has 0 aliphatic heterocycles. The highest BCUT2D eigenvalue weighted by Crippen LogP contribution is 2.21. The number of hydrogen-bond acceptors (Lipinski definition) is 0. The van der Waals surface area contributed by atoms with Gasteiger partial charge in [-0.25, -0.2) is 4.39 Å². The zero-order valence-electron chi connectivity index (χ0n) is 5.50. The Bertz CT molecular complexity index is 122. The fraction of sp³-hybridized carbons (Fsp3) is 0.667. The number of allylic oxidation sites excluding steroid dienone is 2. The van der Waals surface area contributed by atoms with Gasteiger partial charge in [0.15, 0.2) is 0 Å². The second-order valence-electron chi connectivity index (χ2n) is 1.82. The molecule has 0 bridgehead atoms. The summed E-state index contributed by atoms with van der Waals surface area (Å²) in [6.45, 7) is 1.46. The van der Waals surface area contributed by atoms with Crippen LogP contribution in [0.1, 0.15) is 19.8 Å². The van der Waals surface area contributed by atoms with Crippen molar-refractivity contribution < 1.29 is 17.6 Å². The third-order valence-corrected chi connectivity index (χ3v) is 0.893. The lowest BCUT2D eigenvalue weighted by Crippen LogP contribution is -2.04. The molecule has 0 radical (unpaired) electrons. The fourth-order valence-corrected chi connectivity index (χ4v) is 0.371. The van der Waals surface area contributed by atoms with E-state index in [2.05, 4.69) is 0 Å². The van der Waals surface area contributed by atoms with Crippen LogP contribution in [-0.2, 0) is 0 Å². The van der Waals surface area contributed by atoms with Crippen LogP contribution in [0, 0.1) is 0 Å². The van der Waals surface area contributed by atoms with Crippen LogP contribution in [0.2, 0.25) is 0 Å². The normalized spacial score (nSPS) is 13.9. The summed E-state index contributed by atoms with van der Waals surface area (Å²) in [4.78, 5) is 0. The van der Waals surface area contributed by atoms with Crippen LogP contribution < -0.4 is 0 Å². The van der Waals surface area contributed by atoms with Crippen LogP contribution in [0.15, 0.2) is 11.9 Å². The third-order valence-electron chi connectivity index (χ3n) is 0.893. The van der Waals surface area contributed by atoms with Crippen LogP contribution >= 0.6 is 0 Å². The summed E-state index contributed by atoms with van der Waals surface area (Å²) >= 11 is 0. The minimum absolute atomic E-state index is 0.0239. The Morgan fingerprint density at radius 1 is 1.40 bits per heavy atom. The summed E-state index contributed by atoms with van der Waals surface area (Å²) in [7, 11) is 0. The zero-order valence-corrected chi connectivity index (χ0v) is 5.50. The van der Waals surface area contributed by atoms with Gasteiger partial charge in [0.05, 0.1) is 12.2 Å². The maximum absolute atomic E-state index is 12.0. The van der Waals surface area contributed by atoms with Crippen molar-refractivity contribution in [1.82, 2.24) is 0 Å². The molecule has 0 amide bonds. The first-order chi connectivity index (χ1) is 4.45. The fourth-order valence-electron chi connectivity index (χ4n) is 0.371. The molecule has 0 nitrogen and oxygen atoms in total. The van der Waals surface area contributed by atoms with E-state index in [4.69, 9.17) is 0 Å². The van der Waals surface area contributed by atoms with E-state index in [9.17, 15) is 17.6 Å². The standard InChI is InChI=1S/C6H8F4/c1-2-5(7)3-4-6(8,9)10/h3H,2,4H2,1H3. The summed E-state index contributed by atoms with van der Waals surface area (Å²) in [5.74, 6) is -0.711. The SMILES string of the molecule is CCC(F)=CCC(F)(F)F. The number of alkyl halides is 3. The molecular weight excluding hydrogens is 148 g/mol. The van der Waals surface area contributed by atoms with Gasteiger partial charge in [-0.05, 0) is 12.5 Å². The van der Waals surface area contributed by atoms with Gasteiger partial charge in [-0.3, -0.25) is 0 Å². The topological polar surface area (TPSA) is 0 Å². The average Bonchev–Trinajstić information content (AvgIpc) is 1.81. The van der Waals surface area contributed by atoms with E-state index in [1.807, 2.05) is 0 Å². The van der Waals surface area contributed by atoms with Gasteiger partial charge in [-0.1, -0.05) is 6.92 Å². The van der Waals surface area contributed by atoms with Crippen molar-refractivity contribution in [3.05, 3.63) is 11.9 Å². The second-order valence-corrected chi connectivity index (χ2v) is 1.82. The van der Waals surface area contributed by atoms with E-state index in [-0.39, 0.29) is 6.42 Å². The van der Waals surface area contributed by atoms with Crippen molar-refractivity contribution in [3.63, 3.8) is 0 Å². The summed E-state index contributed by atoms with van der Waals surface area (Å²) in [5, 5.41) is 0. The molecule has 0 aromatic heterocycles. The first kappa shape index (κ1) is 9.46. The van der Waals surface area contributed by atoms with Gasteiger partial charge in [0.2, 0.25) is 0 Å². The largest absolute Gasteiger partial charge is 0.392 e. The van der Waals surface area contributed by atoms with Crippen molar-refractivity contribution in [2.75, 3.05) is 0 Å². The molecule has 0 unspecified atom stereocenters. The number of halogens is 4. The Morgan fingerprint density at radius 2 is 1.90 bits per heavy atom. The lowest BCUT2D eigenvalue weighted by Gasteiger charge is -2.00. The number of rotatable bonds is 2. The highest BCUT2D eigenvalue weighted by Gasteiger charge is 2.25. The molecule has 0 saturated carbocycles. The monoisotopic (exact) mass is 156 g/mol. The third kappa shape index (κ3) is 5.59. The van der Waals surface area contributed by atoms with Crippen molar-refractivity contribution in [1.29, 1.82) is 0 Å². The Balaban J connectivity index is 3.73. The highest BCUT2D eigenvalue weighted by molar-refractivity contribution is 4.91. The molecule has 0 aliphatic rings. The molecule has 0 heterocycles. The highest BCUT2D eigenvalue weighted by atomic mass is 19.4. The quantitative estimate of drug-likeness (QED) is 0.538. The summed E-state index contributed by atoms with van der Waals surface area (Å²) in [6.07, 6.45) is -4.88. The van der Waals surface area contributed by atoms with Crippen LogP contribution in [0.3, 0.4) is 0 Å². The molecule has 0 aromatic rings. The van der Waals surface area contributed by atoms with Gasteiger partial charge in [-0.2, -0.15) is 13.2 Å². The zero-order chi connectivity index (χ0) is 8.20. The molecular formula is C6H8F4. The maximum atomic E-state index is 12.0. The average molecular weight is 156 g/mol. The molecule has 0 atom stereocenters. The van der Waals surface area contributed by atoms with E-state index in [1.165, 1.54) is 6.92 Å². The molecule has 0 aliphatic carbocycles. The van der Waals surface area contributed by atoms with Crippen LogP contribution in [0.25, 0.3) is 0 Å². The van der Waals surface area contributed by atoms with Gasteiger partial charge < -0.3 is 0 Å². The molecule has 4 heteroatoms.